The number of para-hydroxylation sites is 2. The predicted molar refractivity (Wildman–Crippen MR) is 154 cm³/mol. The molecule has 1 atom stereocenters. The van der Waals surface area contributed by atoms with Crippen LogP contribution in [0.2, 0.25) is 0 Å². The SMILES string of the molecule is CCCN(C(=O)CN1C=CN(c2ccccc2)C(=O)C(Cc2[nH]nc3ccccc23)C1=O)c1ccc(OC)cc1. The van der Waals surface area contributed by atoms with Gasteiger partial charge in [0.15, 0.2) is 0 Å². The van der Waals surface area contributed by atoms with Gasteiger partial charge < -0.3 is 14.5 Å². The van der Waals surface area contributed by atoms with Crippen LogP contribution in [0.3, 0.4) is 0 Å². The molecule has 1 aromatic heterocycles. The molecule has 1 unspecified atom stereocenters. The van der Waals surface area contributed by atoms with Crippen LogP contribution in [0.25, 0.3) is 10.9 Å². The number of hydrogen-bond acceptors (Lipinski definition) is 5. The van der Waals surface area contributed by atoms with Crippen molar-refractivity contribution in [2.45, 2.75) is 19.8 Å². The summed E-state index contributed by atoms with van der Waals surface area (Å²) in [6, 6.07) is 23.9. The number of nitrogens with one attached hydrogen (secondary N) is 1. The van der Waals surface area contributed by atoms with E-state index in [-0.39, 0.29) is 24.8 Å². The minimum atomic E-state index is -1.06. The van der Waals surface area contributed by atoms with Gasteiger partial charge in [-0.05, 0) is 48.9 Å². The van der Waals surface area contributed by atoms with Crippen LogP contribution in [0, 0.1) is 5.92 Å². The molecule has 40 heavy (non-hydrogen) atoms. The van der Waals surface area contributed by atoms with E-state index in [0.29, 0.717) is 29.4 Å². The molecule has 0 fully saturated rings. The first-order chi connectivity index (χ1) is 19.5. The predicted octanol–water partition coefficient (Wildman–Crippen LogP) is 4.52. The number of hydrogen-bond donors (Lipinski definition) is 1. The fraction of sp³-hybridized carbons (Fsp3) is 0.226. The molecule has 0 bridgehead atoms. The van der Waals surface area contributed by atoms with Crippen LogP contribution in [0.15, 0.2) is 91.3 Å². The van der Waals surface area contributed by atoms with Gasteiger partial charge in [-0.3, -0.25) is 24.4 Å². The van der Waals surface area contributed by atoms with E-state index in [0.717, 1.165) is 17.3 Å². The molecule has 0 saturated carbocycles. The molecule has 0 saturated heterocycles. The van der Waals surface area contributed by atoms with Gasteiger partial charge in [-0.25, -0.2) is 0 Å². The van der Waals surface area contributed by atoms with Crippen molar-refractivity contribution in [1.29, 1.82) is 0 Å². The van der Waals surface area contributed by atoms with Crippen LogP contribution < -0.4 is 14.5 Å². The molecule has 2 heterocycles. The molecule has 3 aromatic carbocycles. The summed E-state index contributed by atoms with van der Waals surface area (Å²) in [5.41, 5.74) is 2.79. The number of fused-ring (bicyclic) bond motifs is 1. The Morgan fingerprint density at radius 1 is 0.950 bits per heavy atom. The van der Waals surface area contributed by atoms with Gasteiger partial charge in [0.2, 0.25) is 17.7 Å². The highest BCUT2D eigenvalue weighted by atomic mass is 16.5. The second kappa shape index (κ2) is 11.9. The number of aromatic amines is 1. The number of anilines is 2. The molecule has 9 nitrogen and oxygen atoms in total. The highest BCUT2D eigenvalue weighted by molar-refractivity contribution is 6.11. The van der Waals surface area contributed by atoms with Crippen molar-refractivity contribution < 1.29 is 19.1 Å². The monoisotopic (exact) mass is 537 g/mol. The van der Waals surface area contributed by atoms with Gasteiger partial charge in [0.1, 0.15) is 18.2 Å². The lowest BCUT2D eigenvalue weighted by molar-refractivity contribution is -0.140. The number of H-pyrrole nitrogens is 1. The standard InChI is InChI=1S/C31H31N5O4/c1-3-17-35(23-13-15-24(40-2)16-14-23)29(37)21-34-18-19-36(22-9-5-4-6-10-22)31(39)26(30(34)38)20-28-25-11-7-8-12-27(25)32-33-28/h4-16,18-19,26H,3,17,20-21H2,1-2H3,(H,32,33). The third-order valence-electron chi connectivity index (χ3n) is 6.93. The van der Waals surface area contributed by atoms with Crippen molar-refractivity contribution in [2.24, 2.45) is 5.92 Å². The van der Waals surface area contributed by atoms with E-state index >= 15 is 0 Å². The van der Waals surface area contributed by atoms with Crippen molar-refractivity contribution in [3.8, 4) is 5.75 Å². The number of nitrogens with zero attached hydrogens (tertiary/aromatic N) is 4. The van der Waals surface area contributed by atoms with Crippen LogP contribution in [-0.2, 0) is 20.8 Å². The van der Waals surface area contributed by atoms with Gasteiger partial charge in [0.05, 0.1) is 12.6 Å². The number of aromatic nitrogens is 2. The maximum atomic E-state index is 13.9. The van der Waals surface area contributed by atoms with Crippen LogP contribution in [0.4, 0.5) is 11.4 Å². The third-order valence-corrected chi connectivity index (χ3v) is 6.93. The first-order valence-electron chi connectivity index (χ1n) is 13.2. The molecule has 0 aliphatic carbocycles. The Morgan fingerprint density at radius 2 is 1.68 bits per heavy atom. The van der Waals surface area contributed by atoms with Crippen molar-refractivity contribution in [3.63, 3.8) is 0 Å². The Hall–Kier alpha value is -4.92. The summed E-state index contributed by atoms with van der Waals surface area (Å²) in [5.74, 6) is -1.45. The maximum absolute atomic E-state index is 13.9. The molecule has 1 aliphatic rings. The summed E-state index contributed by atoms with van der Waals surface area (Å²) >= 11 is 0. The Morgan fingerprint density at radius 3 is 2.40 bits per heavy atom. The molecule has 5 rings (SSSR count). The minimum Gasteiger partial charge on any atom is -0.497 e. The molecule has 1 aliphatic heterocycles. The van der Waals surface area contributed by atoms with Gasteiger partial charge in [0.25, 0.3) is 0 Å². The Bertz CT molecular complexity index is 1530. The summed E-state index contributed by atoms with van der Waals surface area (Å²) in [6.45, 7) is 2.26. The van der Waals surface area contributed by atoms with Crippen LogP contribution in [0.5, 0.6) is 5.75 Å². The number of carbonyl (C=O) groups excluding carboxylic acids is 3. The number of benzene rings is 3. The van der Waals surface area contributed by atoms with E-state index in [4.69, 9.17) is 4.74 Å². The summed E-state index contributed by atoms with van der Waals surface area (Å²) in [7, 11) is 1.59. The highest BCUT2D eigenvalue weighted by Gasteiger charge is 2.37. The van der Waals surface area contributed by atoms with Crippen molar-refractivity contribution in [1.82, 2.24) is 15.1 Å². The number of carbonyl (C=O) groups is 3. The lowest BCUT2D eigenvalue weighted by atomic mass is 9.98. The molecule has 3 amide bonds. The maximum Gasteiger partial charge on any atom is 0.247 e. The molecule has 1 N–H and O–H groups in total. The summed E-state index contributed by atoms with van der Waals surface area (Å²) in [4.78, 5) is 45.9. The van der Waals surface area contributed by atoms with Gasteiger partial charge in [-0.15, -0.1) is 0 Å². The highest BCUT2D eigenvalue weighted by Crippen LogP contribution is 2.27. The molecular formula is C31H31N5O4. The van der Waals surface area contributed by atoms with E-state index in [2.05, 4.69) is 10.2 Å². The number of amides is 3. The zero-order valence-corrected chi connectivity index (χ0v) is 22.5. The number of rotatable bonds is 9. The lowest BCUT2D eigenvalue weighted by Gasteiger charge is -2.27. The largest absolute Gasteiger partial charge is 0.497 e. The van der Waals surface area contributed by atoms with Crippen LogP contribution >= 0.6 is 0 Å². The molecule has 0 spiro atoms. The third kappa shape index (κ3) is 5.44. The summed E-state index contributed by atoms with van der Waals surface area (Å²) in [6.07, 6.45) is 3.93. The Balaban J connectivity index is 1.46. The van der Waals surface area contributed by atoms with E-state index in [9.17, 15) is 14.4 Å². The minimum absolute atomic E-state index is 0.116. The smallest absolute Gasteiger partial charge is 0.247 e. The van der Waals surface area contributed by atoms with E-state index < -0.39 is 11.8 Å². The van der Waals surface area contributed by atoms with Crippen LogP contribution in [0.1, 0.15) is 19.0 Å². The molecule has 0 radical (unpaired) electrons. The summed E-state index contributed by atoms with van der Waals surface area (Å²) in [5, 5.41) is 8.18. The van der Waals surface area contributed by atoms with Gasteiger partial charge >= 0.3 is 0 Å². The fourth-order valence-corrected chi connectivity index (χ4v) is 4.86. The van der Waals surface area contributed by atoms with E-state index in [1.165, 1.54) is 16.0 Å². The van der Waals surface area contributed by atoms with E-state index in [1.54, 1.807) is 30.3 Å². The molecule has 204 valence electrons. The molecule has 9 heteroatoms. The normalized spacial score (nSPS) is 15.4. The average molecular weight is 538 g/mol. The van der Waals surface area contributed by atoms with Gasteiger partial charge in [-0.1, -0.05) is 43.3 Å². The van der Waals surface area contributed by atoms with Crippen LogP contribution in [-0.4, -0.2) is 53.0 Å². The Labute approximate surface area is 232 Å². The van der Waals surface area contributed by atoms with Gasteiger partial charge in [-0.2, -0.15) is 5.10 Å². The zero-order chi connectivity index (χ0) is 28.1. The van der Waals surface area contributed by atoms with Crippen molar-refractivity contribution in [3.05, 3.63) is 97.0 Å². The van der Waals surface area contributed by atoms with E-state index in [1.807, 2.05) is 73.7 Å². The van der Waals surface area contributed by atoms with Crippen molar-refractivity contribution >= 4 is 40.0 Å². The first kappa shape index (κ1) is 26.7. The van der Waals surface area contributed by atoms with Crippen molar-refractivity contribution in [2.75, 3.05) is 30.0 Å². The number of ether oxygens (including phenoxy) is 1. The Kier molecular flexibility index (Phi) is 7.91. The second-order valence-electron chi connectivity index (χ2n) is 9.53. The number of methoxy groups -OCH3 is 1. The molecular weight excluding hydrogens is 506 g/mol. The second-order valence-corrected chi connectivity index (χ2v) is 9.53. The lowest BCUT2D eigenvalue weighted by Crippen LogP contribution is -2.45. The fourth-order valence-electron chi connectivity index (χ4n) is 4.86. The quantitative estimate of drug-likeness (QED) is 0.317. The zero-order valence-electron chi connectivity index (χ0n) is 22.5. The summed E-state index contributed by atoms with van der Waals surface area (Å²) < 4.78 is 5.25. The molecule has 4 aromatic rings. The topological polar surface area (TPSA) is 98.8 Å². The van der Waals surface area contributed by atoms with Gasteiger partial charge in [0, 0.05) is 47.8 Å². The first-order valence-corrected chi connectivity index (χ1v) is 13.2. The average Bonchev–Trinajstić information content (AvgIpc) is 3.36.